The molecule has 1 N–H and O–H groups in total. The number of nitrogens with zero attached hydrogens (tertiary/aromatic N) is 1. The fraction of sp³-hybridized carbons (Fsp3) is 0.538. The fourth-order valence-electron chi connectivity index (χ4n) is 2.24. The molecule has 4 nitrogen and oxygen atoms in total. The van der Waals surface area contributed by atoms with Crippen LogP contribution in [0.1, 0.15) is 18.4 Å². The summed E-state index contributed by atoms with van der Waals surface area (Å²) in [6, 6.07) is 7.09. The number of benzene rings is 1. The summed E-state index contributed by atoms with van der Waals surface area (Å²) in [5, 5.41) is 0.497. The zero-order valence-electron chi connectivity index (χ0n) is 11.0. The molecule has 1 aromatic carbocycles. The Labute approximate surface area is 119 Å². The van der Waals surface area contributed by atoms with Crippen molar-refractivity contribution in [3.05, 3.63) is 34.9 Å². The molecule has 0 spiro atoms. The van der Waals surface area contributed by atoms with Crippen molar-refractivity contribution in [2.75, 3.05) is 20.1 Å². The van der Waals surface area contributed by atoms with Gasteiger partial charge < -0.3 is 4.90 Å². The second kappa shape index (κ2) is 6.22. The quantitative estimate of drug-likeness (QED) is 0.923. The van der Waals surface area contributed by atoms with Crippen LogP contribution in [0, 0.1) is 0 Å². The highest BCUT2D eigenvalue weighted by Gasteiger charge is 2.22. The van der Waals surface area contributed by atoms with Crippen molar-refractivity contribution in [2.24, 2.45) is 0 Å². The largest absolute Gasteiger partial charge is 0.306 e. The van der Waals surface area contributed by atoms with Crippen LogP contribution < -0.4 is 4.72 Å². The third-order valence-corrected chi connectivity index (χ3v) is 5.12. The van der Waals surface area contributed by atoms with Gasteiger partial charge in [0.1, 0.15) is 0 Å². The number of piperidine rings is 1. The number of rotatable bonds is 4. The molecule has 1 fully saturated rings. The van der Waals surface area contributed by atoms with Crippen molar-refractivity contribution in [1.29, 1.82) is 0 Å². The third-order valence-electron chi connectivity index (χ3n) is 3.37. The van der Waals surface area contributed by atoms with Gasteiger partial charge in [0.05, 0.1) is 5.75 Å². The van der Waals surface area contributed by atoms with Crippen LogP contribution in [0.5, 0.6) is 0 Å². The first-order chi connectivity index (χ1) is 8.96. The van der Waals surface area contributed by atoms with E-state index in [0.29, 0.717) is 10.6 Å². The minimum atomic E-state index is -3.33. The number of hydrogen-bond acceptors (Lipinski definition) is 3. The topological polar surface area (TPSA) is 49.4 Å². The Hall–Kier alpha value is -0.620. The van der Waals surface area contributed by atoms with Crippen molar-refractivity contribution < 1.29 is 8.42 Å². The summed E-state index contributed by atoms with van der Waals surface area (Å²) in [4.78, 5) is 2.21. The lowest BCUT2D eigenvalue weighted by Gasteiger charge is -2.29. The molecule has 0 aromatic heterocycles. The van der Waals surface area contributed by atoms with Gasteiger partial charge in [0.2, 0.25) is 10.0 Å². The first-order valence-corrected chi connectivity index (χ1v) is 8.41. The smallest absolute Gasteiger partial charge is 0.216 e. The van der Waals surface area contributed by atoms with E-state index in [1.54, 1.807) is 24.3 Å². The van der Waals surface area contributed by atoms with Crippen LogP contribution in [-0.2, 0) is 15.8 Å². The van der Waals surface area contributed by atoms with E-state index in [1.807, 2.05) is 0 Å². The van der Waals surface area contributed by atoms with Crippen LogP contribution in [0.15, 0.2) is 24.3 Å². The molecule has 0 aliphatic carbocycles. The summed E-state index contributed by atoms with van der Waals surface area (Å²) in [7, 11) is -1.28. The minimum Gasteiger partial charge on any atom is -0.306 e. The average molecular weight is 303 g/mol. The highest BCUT2D eigenvalue weighted by molar-refractivity contribution is 7.88. The van der Waals surface area contributed by atoms with E-state index >= 15 is 0 Å². The first kappa shape index (κ1) is 14.8. The van der Waals surface area contributed by atoms with Gasteiger partial charge in [-0.25, -0.2) is 13.1 Å². The molecule has 0 bridgehead atoms. The van der Waals surface area contributed by atoms with Crippen LogP contribution >= 0.6 is 11.6 Å². The maximum atomic E-state index is 12.1. The summed E-state index contributed by atoms with van der Waals surface area (Å²) in [5.74, 6) is -0.0565. The monoisotopic (exact) mass is 302 g/mol. The van der Waals surface area contributed by atoms with Crippen LogP contribution in [0.3, 0.4) is 0 Å². The van der Waals surface area contributed by atoms with Gasteiger partial charge in [0.25, 0.3) is 0 Å². The lowest BCUT2D eigenvalue weighted by Crippen LogP contribution is -2.43. The number of halogens is 1. The molecule has 1 aliphatic rings. The Bertz CT molecular complexity index is 525. The number of sulfonamides is 1. The predicted molar refractivity (Wildman–Crippen MR) is 77.7 cm³/mol. The van der Waals surface area contributed by atoms with Crippen molar-refractivity contribution >= 4 is 21.6 Å². The molecule has 1 saturated heterocycles. The third kappa shape index (κ3) is 4.45. The lowest BCUT2D eigenvalue weighted by molar-refractivity contribution is 0.248. The predicted octanol–water partition coefficient (Wildman–Crippen LogP) is 1.85. The summed E-state index contributed by atoms with van der Waals surface area (Å²) in [5.41, 5.74) is 0.643. The summed E-state index contributed by atoms with van der Waals surface area (Å²) >= 11 is 5.99. The molecular weight excluding hydrogens is 284 g/mol. The highest BCUT2D eigenvalue weighted by Crippen LogP contribution is 2.18. The lowest BCUT2D eigenvalue weighted by atomic mass is 10.1. The highest BCUT2D eigenvalue weighted by atomic mass is 35.5. The number of hydrogen-bond donors (Lipinski definition) is 1. The standard InChI is InChI=1S/C13H19ClN2O2S/c1-16-8-6-12(7-9-16)15-19(17,18)10-11-4-2-3-5-13(11)14/h2-5,12,15H,6-10H2,1H3. The molecule has 0 atom stereocenters. The number of likely N-dealkylation sites (tertiary alicyclic amines) is 1. The summed E-state index contributed by atoms with van der Waals surface area (Å²) in [6.45, 7) is 1.86. The number of nitrogens with one attached hydrogen (secondary N) is 1. The zero-order valence-corrected chi connectivity index (χ0v) is 12.5. The van der Waals surface area contributed by atoms with E-state index in [-0.39, 0.29) is 11.8 Å². The molecule has 0 amide bonds. The van der Waals surface area contributed by atoms with Gasteiger partial charge in [-0.15, -0.1) is 0 Å². The molecule has 19 heavy (non-hydrogen) atoms. The van der Waals surface area contributed by atoms with Gasteiger partial charge in [0, 0.05) is 11.1 Å². The second-order valence-corrected chi connectivity index (χ2v) is 7.21. The normalized spacial score (nSPS) is 18.6. The van der Waals surface area contributed by atoms with E-state index in [2.05, 4.69) is 16.7 Å². The molecular formula is C13H19ClN2O2S. The molecule has 106 valence electrons. The summed E-state index contributed by atoms with van der Waals surface area (Å²) in [6.07, 6.45) is 1.72. The van der Waals surface area contributed by atoms with Gasteiger partial charge in [-0.05, 0) is 44.6 Å². The van der Waals surface area contributed by atoms with Crippen LogP contribution in [0.25, 0.3) is 0 Å². The van der Waals surface area contributed by atoms with Gasteiger partial charge in [-0.3, -0.25) is 0 Å². The zero-order chi connectivity index (χ0) is 13.9. The van der Waals surface area contributed by atoms with Crippen molar-refractivity contribution in [1.82, 2.24) is 9.62 Å². The van der Waals surface area contributed by atoms with Crippen LogP contribution in [0.4, 0.5) is 0 Å². The first-order valence-electron chi connectivity index (χ1n) is 6.38. The maximum Gasteiger partial charge on any atom is 0.216 e. The molecule has 6 heteroatoms. The van der Waals surface area contributed by atoms with Gasteiger partial charge in [-0.1, -0.05) is 29.8 Å². The van der Waals surface area contributed by atoms with Crippen LogP contribution in [0.2, 0.25) is 5.02 Å². The fourth-order valence-corrected chi connectivity index (χ4v) is 4.01. The average Bonchev–Trinajstić information content (AvgIpc) is 2.35. The van der Waals surface area contributed by atoms with Gasteiger partial charge in [0.15, 0.2) is 0 Å². The molecule has 1 heterocycles. The molecule has 0 radical (unpaired) electrons. The van der Waals surface area contributed by atoms with E-state index in [0.717, 1.165) is 25.9 Å². The molecule has 2 rings (SSSR count). The van der Waals surface area contributed by atoms with Crippen molar-refractivity contribution in [3.63, 3.8) is 0 Å². The Balaban J connectivity index is 1.97. The van der Waals surface area contributed by atoms with Crippen LogP contribution in [-0.4, -0.2) is 39.5 Å². The van der Waals surface area contributed by atoms with Gasteiger partial charge in [-0.2, -0.15) is 0 Å². The minimum absolute atomic E-state index is 0.0451. The summed E-state index contributed by atoms with van der Waals surface area (Å²) < 4.78 is 27.0. The molecule has 0 saturated carbocycles. The Kier molecular flexibility index (Phi) is 4.84. The molecule has 0 unspecified atom stereocenters. The Morgan fingerprint density at radius 2 is 1.95 bits per heavy atom. The van der Waals surface area contributed by atoms with Crippen molar-refractivity contribution in [2.45, 2.75) is 24.6 Å². The van der Waals surface area contributed by atoms with E-state index in [4.69, 9.17) is 11.6 Å². The van der Waals surface area contributed by atoms with E-state index < -0.39 is 10.0 Å². The second-order valence-electron chi connectivity index (χ2n) is 5.05. The maximum absolute atomic E-state index is 12.1. The Morgan fingerprint density at radius 1 is 1.32 bits per heavy atom. The van der Waals surface area contributed by atoms with E-state index in [9.17, 15) is 8.42 Å². The van der Waals surface area contributed by atoms with E-state index in [1.165, 1.54) is 0 Å². The molecule has 1 aliphatic heterocycles. The SMILES string of the molecule is CN1CCC(NS(=O)(=O)Cc2ccccc2Cl)CC1. The van der Waals surface area contributed by atoms with Gasteiger partial charge >= 0.3 is 0 Å². The Morgan fingerprint density at radius 3 is 2.58 bits per heavy atom. The molecule has 1 aromatic rings. The van der Waals surface area contributed by atoms with Crippen molar-refractivity contribution in [3.8, 4) is 0 Å².